The van der Waals surface area contributed by atoms with Crippen molar-refractivity contribution in [1.29, 1.82) is 0 Å². The second kappa shape index (κ2) is 7.82. The van der Waals surface area contributed by atoms with Crippen molar-refractivity contribution in [3.63, 3.8) is 0 Å². The molecular formula is C17H24N2O3. The van der Waals surface area contributed by atoms with Crippen LogP contribution in [-0.4, -0.2) is 31.5 Å². The molecule has 1 aromatic carbocycles. The van der Waals surface area contributed by atoms with Crippen LogP contribution in [0, 0.1) is 0 Å². The number of carbonyl (C=O) groups is 2. The number of benzene rings is 1. The fraction of sp³-hybridized carbons (Fsp3) is 0.529. The number of rotatable bonds is 5. The van der Waals surface area contributed by atoms with Crippen molar-refractivity contribution in [2.75, 3.05) is 18.6 Å². The second-order valence-electron chi connectivity index (χ2n) is 5.71. The maximum atomic E-state index is 12.2. The van der Waals surface area contributed by atoms with Gasteiger partial charge in [-0.25, -0.2) is 0 Å². The maximum absolute atomic E-state index is 12.2. The average molecular weight is 304 g/mol. The Morgan fingerprint density at radius 2 is 1.82 bits per heavy atom. The summed E-state index contributed by atoms with van der Waals surface area (Å²) >= 11 is 0. The van der Waals surface area contributed by atoms with Crippen LogP contribution in [0.25, 0.3) is 0 Å². The van der Waals surface area contributed by atoms with E-state index in [-0.39, 0.29) is 24.4 Å². The van der Waals surface area contributed by atoms with Crippen LogP contribution >= 0.6 is 0 Å². The SMILES string of the molecule is COc1ccc(N(CC(=O)NC2CCCCC2)C(C)=O)cc1. The molecule has 5 heteroatoms. The molecule has 0 radical (unpaired) electrons. The minimum absolute atomic E-state index is 0.0537. The Labute approximate surface area is 131 Å². The van der Waals surface area contributed by atoms with E-state index in [0.29, 0.717) is 5.69 Å². The molecule has 1 saturated carbocycles. The number of nitrogens with zero attached hydrogens (tertiary/aromatic N) is 1. The molecule has 1 N–H and O–H groups in total. The number of ether oxygens (including phenoxy) is 1. The van der Waals surface area contributed by atoms with Crippen molar-refractivity contribution in [1.82, 2.24) is 5.32 Å². The Morgan fingerprint density at radius 3 is 2.36 bits per heavy atom. The molecule has 120 valence electrons. The van der Waals surface area contributed by atoms with Crippen molar-refractivity contribution in [3.8, 4) is 5.75 Å². The van der Waals surface area contributed by atoms with Gasteiger partial charge in [0.05, 0.1) is 7.11 Å². The van der Waals surface area contributed by atoms with E-state index in [2.05, 4.69) is 5.32 Å². The van der Waals surface area contributed by atoms with E-state index >= 15 is 0 Å². The highest BCUT2D eigenvalue weighted by Crippen LogP contribution is 2.20. The van der Waals surface area contributed by atoms with Crippen molar-refractivity contribution >= 4 is 17.5 Å². The summed E-state index contributed by atoms with van der Waals surface area (Å²) in [4.78, 5) is 25.5. The van der Waals surface area contributed by atoms with Crippen LogP contribution in [-0.2, 0) is 9.59 Å². The minimum atomic E-state index is -0.149. The first-order valence-electron chi connectivity index (χ1n) is 7.81. The van der Waals surface area contributed by atoms with Crippen molar-refractivity contribution in [2.45, 2.75) is 45.1 Å². The Balaban J connectivity index is 1.98. The molecule has 1 aromatic rings. The summed E-state index contributed by atoms with van der Waals surface area (Å²) in [5.74, 6) is 0.473. The van der Waals surface area contributed by atoms with Gasteiger partial charge in [-0.15, -0.1) is 0 Å². The first kappa shape index (κ1) is 16.3. The van der Waals surface area contributed by atoms with Gasteiger partial charge in [0.1, 0.15) is 12.3 Å². The van der Waals surface area contributed by atoms with Gasteiger partial charge in [-0.2, -0.15) is 0 Å². The Hall–Kier alpha value is -2.04. The molecule has 0 bridgehead atoms. The number of hydrogen-bond acceptors (Lipinski definition) is 3. The third-order valence-corrected chi connectivity index (χ3v) is 4.04. The molecule has 0 spiro atoms. The lowest BCUT2D eigenvalue weighted by Gasteiger charge is -2.25. The van der Waals surface area contributed by atoms with Crippen molar-refractivity contribution in [3.05, 3.63) is 24.3 Å². The lowest BCUT2D eigenvalue weighted by Crippen LogP contribution is -2.44. The predicted molar refractivity (Wildman–Crippen MR) is 86.0 cm³/mol. The number of anilines is 1. The highest BCUT2D eigenvalue weighted by Gasteiger charge is 2.19. The van der Waals surface area contributed by atoms with E-state index in [1.54, 1.807) is 31.4 Å². The summed E-state index contributed by atoms with van der Waals surface area (Å²) in [7, 11) is 1.59. The molecule has 22 heavy (non-hydrogen) atoms. The van der Waals surface area contributed by atoms with Gasteiger partial charge in [0, 0.05) is 18.7 Å². The lowest BCUT2D eigenvalue weighted by atomic mass is 9.95. The molecule has 2 amide bonds. The molecule has 0 saturated heterocycles. The summed E-state index contributed by atoms with van der Waals surface area (Å²) in [6.45, 7) is 1.52. The van der Waals surface area contributed by atoms with E-state index in [1.807, 2.05) is 0 Å². The molecule has 5 nitrogen and oxygen atoms in total. The zero-order valence-corrected chi connectivity index (χ0v) is 13.3. The standard InChI is InChI=1S/C17H24N2O3/c1-13(20)19(15-8-10-16(22-2)11-9-15)12-17(21)18-14-6-4-3-5-7-14/h8-11,14H,3-7,12H2,1-2H3,(H,18,21). The van der Waals surface area contributed by atoms with Crippen LogP contribution in [0.4, 0.5) is 5.69 Å². The van der Waals surface area contributed by atoms with E-state index in [9.17, 15) is 9.59 Å². The normalized spacial score (nSPS) is 15.2. The van der Waals surface area contributed by atoms with E-state index in [4.69, 9.17) is 4.74 Å². The van der Waals surface area contributed by atoms with E-state index in [1.165, 1.54) is 31.1 Å². The summed E-state index contributed by atoms with van der Waals surface area (Å²) in [5.41, 5.74) is 0.701. The van der Waals surface area contributed by atoms with Crippen LogP contribution in [0.2, 0.25) is 0 Å². The second-order valence-corrected chi connectivity index (χ2v) is 5.71. The topological polar surface area (TPSA) is 58.6 Å². The van der Waals surface area contributed by atoms with Crippen LogP contribution in [0.3, 0.4) is 0 Å². The average Bonchev–Trinajstić information content (AvgIpc) is 2.53. The van der Waals surface area contributed by atoms with Gasteiger partial charge in [-0.3, -0.25) is 9.59 Å². The number of amides is 2. The Kier molecular flexibility index (Phi) is 5.81. The highest BCUT2D eigenvalue weighted by molar-refractivity contribution is 5.97. The Morgan fingerprint density at radius 1 is 1.18 bits per heavy atom. The fourth-order valence-electron chi connectivity index (χ4n) is 2.81. The number of carbonyl (C=O) groups excluding carboxylic acids is 2. The number of methoxy groups -OCH3 is 1. The van der Waals surface area contributed by atoms with Gasteiger partial charge in [0.2, 0.25) is 11.8 Å². The van der Waals surface area contributed by atoms with Crippen LogP contribution in [0.1, 0.15) is 39.0 Å². The minimum Gasteiger partial charge on any atom is -0.497 e. The third kappa shape index (κ3) is 4.48. The molecule has 1 aliphatic carbocycles. The largest absolute Gasteiger partial charge is 0.497 e. The van der Waals surface area contributed by atoms with E-state index < -0.39 is 0 Å². The molecule has 0 unspecified atom stereocenters. The van der Waals surface area contributed by atoms with Gasteiger partial charge in [0.25, 0.3) is 0 Å². The van der Waals surface area contributed by atoms with Gasteiger partial charge in [-0.1, -0.05) is 19.3 Å². The Bertz CT molecular complexity index is 507. The fourth-order valence-corrected chi connectivity index (χ4v) is 2.81. The molecule has 0 aromatic heterocycles. The number of nitrogens with one attached hydrogen (secondary N) is 1. The summed E-state index contributed by atoms with van der Waals surface area (Å²) in [5, 5.41) is 3.04. The zero-order chi connectivity index (χ0) is 15.9. The summed E-state index contributed by atoms with van der Waals surface area (Å²) in [6, 6.07) is 7.39. The molecule has 1 aliphatic rings. The van der Waals surface area contributed by atoms with Crippen LogP contribution in [0.15, 0.2) is 24.3 Å². The van der Waals surface area contributed by atoms with Crippen LogP contribution < -0.4 is 15.0 Å². The molecule has 2 rings (SSSR count). The summed E-state index contributed by atoms with van der Waals surface area (Å²) < 4.78 is 5.11. The quantitative estimate of drug-likeness (QED) is 0.909. The van der Waals surface area contributed by atoms with Crippen molar-refractivity contribution in [2.24, 2.45) is 0 Å². The first-order chi connectivity index (χ1) is 10.6. The lowest BCUT2D eigenvalue weighted by molar-refractivity contribution is -0.123. The van der Waals surface area contributed by atoms with E-state index in [0.717, 1.165) is 18.6 Å². The van der Waals surface area contributed by atoms with Gasteiger partial charge >= 0.3 is 0 Å². The summed E-state index contributed by atoms with van der Waals surface area (Å²) in [6.07, 6.45) is 5.65. The van der Waals surface area contributed by atoms with Crippen LogP contribution in [0.5, 0.6) is 5.75 Å². The molecule has 1 fully saturated rings. The predicted octanol–water partition coefficient (Wildman–Crippen LogP) is 2.50. The monoisotopic (exact) mass is 304 g/mol. The van der Waals surface area contributed by atoms with Gasteiger partial charge in [-0.05, 0) is 37.1 Å². The maximum Gasteiger partial charge on any atom is 0.240 e. The number of hydrogen-bond donors (Lipinski definition) is 1. The molecular weight excluding hydrogens is 280 g/mol. The molecule has 0 heterocycles. The third-order valence-electron chi connectivity index (χ3n) is 4.04. The first-order valence-corrected chi connectivity index (χ1v) is 7.81. The molecule has 0 atom stereocenters. The smallest absolute Gasteiger partial charge is 0.240 e. The zero-order valence-electron chi connectivity index (χ0n) is 13.3. The van der Waals surface area contributed by atoms with Gasteiger partial charge < -0.3 is 15.0 Å². The van der Waals surface area contributed by atoms with Gasteiger partial charge in [0.15, 0.2) is 0 Å². The molecule has 0 aliphatic heterocycles. The highest BCUT2D eigenvalue weighted by atomic mass is 16.5. The van der Waals surface area contributed by atoms with Crippen molar-refractivity contribution < 1.29 is 14.3 Å².